The molecule has 0 saturated heterocycles. The minimum absolute atomic E-state index is 0.0550. The monoisotopic (exact) mass is 371 g/mol. The van der Waals surface area contributed by atoms with Gasteiger partial charge in [-0.15, -0.1) is 0 Å². The molecule has 2 aromatic rings. The van der Waals surface area contributed by atoms with Crippen molar-refractivity contribution in [3.63, 3.8) is 0 Å². The molecule has 1 aromatic heterocycles. The van der Waals surface area contributed by atoms with E-state index in [-0.39, 0.29) is 18.0 Å². The van der Waals surface area contributed by atoms with Crippen LogP contribution in [0.4, 0.5) is 0 Å². The molecule has 0 saturated carbocycles. The van der Waals surface area contributed by atoms with Crippen molar-refractivity contribution in [1.29, 1.82) is 0 Å². The standard InChI is InChI=1S/C22H29NO4/c1-17-14-19(7-8-20(17)22(2,3)4)21(24)27-13-12-25-10-11-26-16-18-6-5-9-23-15-18/h5-9,14-15H,10-13,16H2,1-4H3. The Morgan fingerprint density at radius 1 is 1.04 bits per heavy atom. The Kier molecular flexibility index (Phi) is 7.95. The lowest BCUT2D eigenvalue weighted by molar-refractivity contribution is 0.0116. The number of ether oxygens (including phenoxy) is 3. The van der Waals surface area contributed by atoms with Gasteiger partial charge in [0.25, 0.3) is 0 Å². The molecule has 1 aromatic carbocycles. The summed E-state index contributed by atoms with van der Waals surface area (Å²) in [7, 11) is 0. The molecule has 5 nitrogen and oxygen atoms in total. The van der Waals surface area contributed by atoms with Crippen LogP contribution >= 0.6 is 0 Å². The Bertz CT molecular complexity index is 723. The van der Waals surface area contributed by atoms with Crippen LogP contribution < -0.4 is 0 Å². The number of aryl methyl sites for hydroxylation is 1. The Balaban J connectivity index is 1.61. The average molecular weight is 371 g/mol. The van der Waals surface area contributed by atoms with E-state index in [0.29, 0.717) is 32.0 Å². The molecule has 0 aliphatic heterocycles. The Hall–Kier alpha value is -2.24. The molecule has 5 heteroatoms. The minimum Gasteiger partial charge on any atom is -0.460 e. The second-order valence-electron chi connectivity index (χ2n) is 7.44. The van der Waals surface area contributed by atoms with Crippen LogP contribution in [0.3, 0.4) is 0 Å². The first-order valence-electron chi connectivity index (χ1n) is 9.20. The highest BCUT2D eigenvalue weighted by molar-refractivity contribution is 5.89. The van der Waals surface area contributed by atoms with Crippen molar-refractivity contribution in [3.8, 4) is 0 Å². The van der Waals surface area contributed by atoms with Crippen LogP contribution in [-0.2, 0) is 26.2 Å². The van der Waals surface area contributed by atoms with Crippen molar-refractivity contribution in [2.75, 3.05) is 26.4 Å². The van der Waals surface area contributed by atoms with Crippen LogP contribution in [0.2, 0.25) is 0 Å². The third kappa shape index (κ3) is 7.12. The first-order chi connectivity index (χ1) is 12.9. The number of esters is 1. The predicted molar refractivity (Wildman–Crippen MR) is 105 cm³/mol. The summed E-state index contributed by atoms with van der Waals surface area (Å²) >= 11 is 0. The first kappa shape index (κ1) is 21.1. The van der Waals surface area contributed by atoms with E-state index in [2.05, 4.69) is 25.8 Å². The minimum atomic E-state index is -0.324. The number of hydrogen-bond acceptors (Lipinski definition) is 5. The molecule has 27 heavy (non-hydrogen) atoms. The fraction of sp³-hybridized carbons (Fsp3) is 0.455. The van der Waals surface area contributed by atoms with E-state index in [1.54, 1.807) is 12.4 Å². The molecule has 0 unspecified atom stereocenters. The Morgan fingerprint density at radius 3 is 2.44 bits per heavy atom. The van der Waals surface area contributed by atoms with Crippen molar-refractivity contribution in [3.05, 3.63) is 65.0 Å². The molecule has 0 N–H and O–H groups in total. The van der Waals surface area contributed by atoms with E-state index in [0.717, 1.165) is 11.1 Å². The molecule has 2 rings (SSSR count). The zero-order valence-corrected chi connectivity index (χ0v) is 16.7. The molecular weight excluding hydrogens is 342 g/mol. The molecule has 0 spiro atoms. The fourth-order valence-corrected chi connectivity index (χ4v) is 2.80. The quantitative estimate of drug-likeness (QED) is 0.491. The van der Waals surface area contributed by atoms with Gasteiger partial charge in [-0.3, -0.25) is 4.98 Å². The highest BCUT2D eigenvalue weighted by atomic mass is 16.6. The van der Waals surface area contributed by atoms with Gasteiger partial charge < -0.3 is 14.2 Å². The summed E-state index contributed by atoms with van der Waals surface area (Å²) < 4.78 is 16.2. The van der Waals surface area contributed by atoms with Crippen LogP contribution in [0.1, 0.15) is 47.8 Å². The van der Waals surface area contributed by atoms with Crippen molar-refractivity contribution < 1.29 is 19.0 Å². The molecule has 0 aliphatic rings. The first-order valence-corrected chi connectivity index (χ1v) is 9.20. The molecule has 0 aliphatic carbocycles. The number of carbonyl (C=O) groups excluding carboxylic acids is 1. The summed E-state index contributed by atoms with van der Waals surface area (Å²) in [5.41, 5.74) is 3.98. The van der Waals surface area contributed by atoms with Gasteiger partial charge in [-0.2, -0.15) is 0 Å². The fourth-order valence-electron chi connectivity index (χ4n) is 2.80. The van der Waals surface area contributed by atoms with Gasteiger partial charge in [0.05, 0.1) is 32.0 Å². The van der Waals surface area contributed by atoms with Gasteiger partial charge in [-0.1, -0.05) is 32.9 Å². The van der Waals surface area contributed by atoms with Gasteiger partial charge in [0.15, 0.2) is 0 Å². The SMILES string of the molecule is Cc1cc(C(=O)OCCOCCOCc2cccnc2)ccc1C(C)(C)C. The van der Waals surface area contributed by atoms with E-state index in [1.807, 2.05) is 37.3 Å². The number of nitrogens with zero attached hydrogens (tertiary/aromatic N) is 1. The van der Waals surface area contributed by atoms with Gasteiger partial charge in [-0.25, -0.2) is 4.79 Å². The number of carbonyl (C=O) groups is 1. The van der Waals surface area contributed by atoms with Crippen LogP contribution in [0.15, 0.2) is 42.7 Å². The van der Waals surface area contributed by atoms with Crippen molar-refractivity contribution >= 4 is 5.97 Å². The molecule has 0 fully saturated rings. The van der Waals surface area contributed by atoms with Crippen LogP contribution in [0, 0.1) is 6.92 Å². The predicted octanol–water partition coefficient (Wildman–Crippen LogP) is 4.08. The maximum atomic E-state index is 12.1. The smallest absolute Gasteiger partial charge is 0.338 e. The summed E-state index contributed by atoms with van der Waals surface area (Å²) in [5, 5.41) is 0. The van der Waals surface area contributed by atoms with Crippen molar-refractivity contribution in [1.82, 2.24) is 4.98 Å². The van der Waals surface area contributed by atoms with Crippen LogP contribution in [0.5, 0.6) is 0 Å². The second-order valence-corrected chi connectivity index (χ2v) is 7.44. The van der Waals surface area contributed by atoms with E-state index in [4.69, 9.17) is 14.2 Å². The molecular formula is C22H29NO4. The van der Waals surface area contributed by atoms with Gasteiger partial charge in [-0.05, 0) is 47.2 Å². The molecule has 146 valence electrons. The summed E-state index contributed by atoms with van der Waals surface area (Å²) in [6, 6.07) is 9.55. The maximum absolute atomic E-state index is 12.1. The number of aromatic nitrogens is 1. The second kappa shape index (κ2) is 10.2. The molecule has 0 atom stereocenters. The van der Waals surface area contributed by atoms with E-state index >= 15 is 0 Å². The highest BCUT2D eigenvalue weighted by Crippen LogP contribution is 2.26. The Morgan fingerprint density at radius 2 is 1.78 bits per heavy atom. The van der Waals surface area contributed by atoms with Crippen molar-refractivity contribution in [2.24, 2.45) is 0 Å². The van der Waals surface area contributed by atoms with Gasteiger partial charge in [0, 0.05) is 12.4 Å². The van der Waals surface area contributed by atoms with Gasteiger partial charge in [0.2, 0.25) is 0 Å². The van der Waals surface area contributed by atoms with E-state index in [9.17, 15) is 4.79 Å². The average Bonchev–Trinajstić information content (AvgIpc) is 2.63. The number of pyridine rings is 1. The molecule has 0 amide bonds. The van der Waals surface area contributed by atoms with Crippen LogP contribution in [0.25, 0.3) is 0 Å². The van der Waals surface area contributed by atoms with Gasteiger partial charge >= 0.3 is 5.97 Å². The normalized spacial score (nSPS) is 11.4. The largest absolute Gasteiger partial charge is 0.460 e. The third-order valence-electron chi connectivity index (χ3n) is 4.09. The highest BCUT2D eigenvalue weighted by Gasteiger charge is 2.17. The van der Waals surface area contributed by atoms with E-state index < -0.39 is 0 Å². The molecule has 1 heterocycles. The zero-order chi connectivity index (χ0) is 19.7. The van der Waals surface area contributed by atoms with E-state index in [1.165, 1.54) is 5.56 Å². The Labute approximate surface area is 161 Å². The number of benzene rings is 1. The summed E-state index contributed by atoms with van der Waals surface area (Å²) in [6.07, 6.45) is 3.50. The topological polar surface area (TPSA) is 57.7 Å². The lowest BCUT2D eigenvalue weighted by Crippen LogP contribution is -2.15. The summed E-state index contributed by atoms with van der Waals surface area (Å²) in [6.45, 7) is 10.5. The van der Waals surface area contributed by atoms with Crippen molar-refractivity contribution in [2.45, 2.75) is 39.7 Å². The molecule has 0 bridgehead atoms. The van der Waals surface area contributed by atoms with Gasteiger partial charge in [0.1, 0.15) is 6.61 Å². The maximum Gasteiger partial charge on any atom is 0.338 e. The summed E-state index contributed by atoms with van der Waals surface area (Å²) in [4.78, 5) is 16.2. The third-order valence-corrected chi connectivity index (χ3v) is 4.09. The lowest BCUT2D eigenvalue weighted by Gasteiger charge is -2.22. The lowest BCUT2D eigenvalue weighted by atomic mass is 9.83. The summed E-state index contributed by atoms with van der Waals surface area (Å²) in [5.74, 6) is -0.324. The number of hydrogen-bond donors (Lipinski definition) is 0. The number of rotatable bonds is 9. The van der Waals surface area contributed by atoms with Crippen LogP contribution in [-0.4, -0.2) is 37.4 Å². The zero-order valence-electron chi connectivity index (χ0n) is 16.7. The molecule has 0 radical (unpaired) electrons.